The van der Waals surface area contributed by atoms with E-state index in [1.54, 1.807) is 0 Å². The van der Waals surface area contributed by atoms with Gasteiger partial charge in [0.2, 0.25) is 0 Å². The first-order valence-electron chi connectivity index (χ1n) is 17.9. The number of para-hydroxylation sites is 4. The third-order valence-corrected chi connectivity index (χ3v) is 8.73. The molecule has 8 rings (SSSR count). The number of nitrogen functional groups attached to an aromatic ring is 8. The number of rotatable bonds is 4. The first-order chi connectivity index (χ1) is 27.1. The fourth-order valence-electron chi connectivity index (χ4n) is 5.69. The smallest absolute Gasteiger partial charge is 0.0393 e. The lowest BCUT2D eigenvalue weighted by atomic mass is 10.0. The molecule has 0 aliphatic heterocycles. The second kappa shape index (κ2) is 22.4. The highest BCUT2D eigenvalue weighted by molar-refractivity contribution is 7.59. The maximum atomic E-state index is 5.86. The molecule has 16 N–H and O–H groups in total. The second-order valence-electron chi connectivity index (χ2n) is 12.8. The van der Waals surface area contributed by atoms with Gasteiger partial charge in [0.25, 0.3) is 0 Å². The van der Waals surface area contributed by atoms with E-state index in [1.165, 1.54) is 0 Å². The Morgan fingerprint density at radius 3 is 0.500 bits per heavy atom. The number of nitrogens with two attached hydrogens (primary N) is 8. The molecule has 0 atom stereocenters. The van der Waals surface area contributed by atoms with Gasteiger partial charge >= 0.3 is 0 Å². The molecule has 0 unspecified atom stereocenters. The molecule has 8 aromatic rings. The van der Waals surface area contributed by atoms with Crippen LogP contribution in [0, 0.1) is 0 Å². The summed E-state index contributed by atoms with van der Waals surface area (Å²) in [5.74, 6) is 0. The fraction of sp³-hybridized carbons (Fsp3) is 0. The van der Waals surface area contributed by atoms with Crippen LogP contribution in [0.1, 0.15) is 0 Å². The summed E-state index contributed by atoms with van der Waals surface area (Å²) in [7, 11) is 0. The molecule has 0 saturated heterocycles. The van der Waals surface area contributed by atoms with Crippen LogP contribution < -0.4 is 45.9 Å². The summed E-state index contributed by atoms with van der Waals surface area (Å²) in [5, 5.41) is 0. The summed E-state index contributed by atoms with van der Waals surface area (Å²) in [6.07, 6.45) is 0. The zero-order valence-corrected chi connectivity index (χ0v) is 34.1. The van der Waals surface area contributed by atoms with Crippen LogP contribution in [-0.4, -0.2) is 0 Å². The Hall–Kier alpha value is -7.14. The van der Waals surface area contributed by atoms with E-state index in [0.29, 0.717) is 0 Å². The van der Waals surface area contributed by atoms with Gasteiger partial charge in [0, 0.05) is 67.8 Å². The molecule has 0 radical (unpaired) electrons. The summed E-state index contributed by atoms with van der Waals surface area (Å²) in [6, 6.07) is 62.0. The lowest BCUT2D eigenvalue weighted by molar-refractivity contribution is 1.60. The molecule has 0 saturated carbocycles. The first-order valence-corrected chi connectivity index (χ1v) is 17.9. The average molecular weight is 805 g/mol. The first kappa shape index (κ1) is 45.3. The van der Waals surface area contributed by atoms with Crippen molar-refractivity contribution in [2.24, 2.45) is 0 Å². The number of hydrogen-bond acceptors (Lipinski definition) is 8. The minimum Gasteiger partial charge on any atom is -0.399 e. The SMILES string of the molecule is Nc1ccc(-c2ccccc2N)cc1.Nc1ccc(-c2ccccc2N)cc1.Nc1ccc(-c2ccccc2N)cc1.Nc1ccc(-c2ccccc2N)cc1.S.S. The topological polar surface area (TPSA) is 208 Å². The molecular weight excluding hydrogens is 753 g/mol. The van der Waals surface area contributed by atoms with Crippen LogP contribution in [0.5, 0.6) is 0 Å². The van der Waals surface area contributed by atoms with Crippen LogP contribution in [0.2, 0.25) is 0 Å². The molecule has 8 nitrogen and oxygen atoms in total. The summed E-state index contributed by atoms with van der Waals surface area (Å²) < 4.78 is 0. The van der Waals surface area contributed by atoms with Crippen LogP contribution in [-0.2, 0) is 0 Å². The maximum absolute atomic E-state index is 5.86. The van der Waals surface area contributed by atoms with E-state index in [9.17, 15) is 0 Å². The second-order valence-corrected chi connectivity index (χ2v) is 12.8. The Labute approximate surface area is 355 Å². The van der Waals surface area contributed by atoms with Gasteiger partial charge in [-0.25, -0.2) is 0 Å². The zero-order chi connectivity index (χ0) is 39.9. The monoisotopic (exact) mass is 804 g/mol. The van der Waals surface area contributed by atoms with Crippen LogP contribution in [0.25, 0.3) is 44.5 Å². The van der Waals surface area contributed by atoms with E-state index in [1.807, 2.05) is 194 Å². The molecule has 0 heterocycles. The number of benzene rings is 8. The molecule has 8 aromatic carbocycles. The van der Waals surface area contributed by atoms with Crippen molar-refractivity contribution >= 4 is 72.5 Å². The standard InChI is InChI=1S/4C12H12N2.2H2S/c4*13-10-7-5-9(6-8-10)11-3-1-2-4-12(11)14;;/h4*1-8H,13-14H2;2*1H2. The van der Waals surface area contributed by atoms with Gasteiger partial charge in [-0.3, -0.25) is 0 Å². The molecule has 10 heteroatoms. The minimum atomic E-state index is 0. The van der Waals surface area contributed by atoms with Gasteiger partial charge in [-0.1, -0.05) is 121 Å². The van der Waals surface area contributed by atoms with Gasteiger partial charge in [-0.05, 0) is 95.1 Å². The van der Waals surface area contributed by atoms with Crippen LogP contribution >= 0.6 is 27.0 Å². The zero-order valence-electron chi connectivity index (χ0n) is 32.1. The van der Waals surface area contributed by atoms with Crippen molar-refractivity contribution in [3.8, 4) is 44.5 Å². The van der Waals surface area contributed by atoms with E-state index in [-0.39, 0.29) is 27.0 Å². The summed E-state index contributed by atoms with van der Waals surface area (Å²) in [5.41, 5.74) is 60.7. The highest BCUT2D eigenvalue weighted by Gasteiger charge is 2.03. The van der Waals surface area contributed by atoms with Gasteiger partial charge in [0.05, 0.1) is 0 Å². The maximum Gasteiger partial charge on any atom is 0.0393 e. The predicted octanol–water partition coefficient (Wildman–Crippen LogP) is 10.3. The van der Waals surface area contributed by atoms with Crippen molar-refractivity contribution in [1.82, 2.24) is 0 Å². The molecule has 0 amide bonds. The molecule has 0 aromatic heterocycles. The Morgan fingerprint density at radius 1 is 0.190 bits per heavy atom. The fourth-order valence-corrected chi connectivity index (χ4v) is 5.69. The van der Waals surface area contributed by atoms with Crippen LogP contribution in [0.3, 0.4) is 0 Å². The van der Waals surface area contributed by atoms with Crippen LogP contribution in [0.4, 0.5) is 45.5 Å². The molecular formula is C48H52N8S2. The number of hydrogen-bond donors (Lipinski definition) is 8. The van der Waals surface area contributed by atoms with Gasteiger partial charge in [0.1, 0.15) is 0 Å². The molecule has 0 bridgehead atoms. The summed E-state index contributed by atoms with van der Waals surface area (Å²) in [6.45, 7) is 0. The third kappa shape index (κ3) is 13.0. The van der Waals surface area contributed by atoms with Crippen molar-refractivity contribution in [2.75, 3.05) is 45.9 Å². The van der Waals surface area contributed by atoms with Gasteiger partial charge in [0.15, 0.2) is 0 Å². The lowest BCUT2D eigenvalue weighted by Crippen LogP contribution is -1.89. The highest BCUT2D eigenvalue weighted by atomic mass is 32.1. The van der Waals surface area contributed by atoms with E-state index >= 15 is 0 Å². The minimum absolute atomic E-state index is 0. The Kier molecular flexibility index (Phi) is 17.5. The molecule has 296 valence electrons. The molecule has 0 aliphatic carbocycles. The van der Waals surface area contributed by atoms with Crippen molar-refractivity contribution in [3.05, 3.63) is 194 Å². The van der Waals surface area contributed by atoms with Crippen molar-refractivity contribution in [3.63, 3.8) is 0 Å². The number of anilines is 8. The Morgan fingerprint density at radius 2 is 0.345 bits per heavy atom. The highest BCUT2D eigenvalue weighted by Crippen LogP contribution is 2.29. The average Bonchev–Trinajstić information content (AvgIpc) is 3.21. The normalized spacial score (nSPS) is 9.66. The third-order valence-electron chi connectivity index (χ3n) is 8.73. The largest absolute Gasteiger partial charge is 0.399 e. The quantitative estimate of drug-likeness (QED) is 0.0801. The van der Waals surface area contributed by atoms with Crippen molar-refractivity contribution in [2.45, 2.75) is 0 Å². The van der Waals surface area contributed by atoms with E-state index < -0.39 is 0 Å². The molecule has 58 heavy (non-hydrogen) atoms. The summed E-state index contributed by atoms with van der Waals surface area (Å²) >= 11 is 0. The van der Waals surface area contributed by atoms with Gasteiger partial charge in [-0.15, -0.1) is 0 Å². The van der Waals surface area contributed by atoms with E-state index in [2.05, 4.69) is 0 Å². The Bertz CT molecular complexity index is 2090. The molecule has 0 fully saturated rings. The van der Waals surface area contributed by atoms with Gasteiger partial charge < -0.3 is 45.9 Å². The van der Waals surface area contributed by atoms with Crippen molar-refractivity contribution in [1.29, 1.82) is 0 Å². The van der Waals surface area contributed by atoms with E-state index in [4.69, 9.17) is 45.9 Å². The van der Waals surface area contributed by atoms with E-state index in [0.717, 1.165) is 90.0 Å². The molecule has 0 aliphatic rings. The van der Waals surface area contributed by atoms with Crippen LogP contribution in [0.15, 0.2) is 194 Å². The van der Waals surface area contributed by atoms with Crippen molar-refractivity contribution < 1.29 is 0 Å². The van der Waals surface area contributed by atoms with Gasteiger partial charge in [-0.2, -0.15) is 27.0 Å². The predicted molar refractivity (Wildman–Crippen MR) is 264 cm³/mol. The summed E-state index contributed by atoms with van der Waals surface area (Å²) in [4.78, 5) is 0. The Balaban J connectivity index is 0.000000205. The lowest BCUT2D eigenvalue weighted by Gasteiger charge is -2.05. The molecule has 0 spiro atoms.